The first-order valence-electron chi connectivity index (χ1n) is 4.68. The molecule has 80 valence electrons. The van der Waals surface area contributed by atoms with E-state index in [0.29, 0.717) is 5.56 Å². The number of sulfone groups is 1. The minimum atomic E-state index is -3.19. The summed E-state index contributed by atoms with van der Waals surface area (Å²) in [7, 11) is -3.19. The molecule has 0 bridgehead atoms. The Hall–Kier alpha value is -1.34. The van der Waals surface area contributed by atoms with Gasteiger partial charge in [0.15, 0.2) is 9.84 Å². The van der Waals surface area contributed by atoms with Crippen LogP contribution in [-0.2, 0) is 9.84 Å². The van der Waals surface area contributed by atoms with E-state index in [1.165, 1.54) is 24.3 Å². The van der Waals surface area contributed by atoms with Crippen molar-refractivity contribution >= 4 is 9.84 Å². The van der Waals surface area contributed by atoms with Crippen molar-refractivity contribution in [1.29, 1.82) is 5.26 Å². The van der Waals surface area contributed by atoms with E-state index in [1.54, 1.807) is 0 Å². The highest BCUT2D eigenvalue weighted by Gasteiger charge is 2.15. The fourth-order valence-electron chi connectivity index (χ4n) is 1.27. The van der Waals surface area contributed by atoms with E-state index in [-0.39, 0.29) is 16.6 Å². The van der Waals surface area contributed by atoms with Crippen molar-refractivity contribution in [3.63, 3.8) is 0 Å². The van der Waals surface area contributed by atoms with Gasteiger partial charge in [-0.3, -0.25) is 0 Å². The molecule has 0 radical (unpaired) electrons. The van der Waals surface area contributed by atoms with Crippen LogP contribution in [0.3, 0.4) is 0 Å². The van der Waals surface area contributed by atoms with Gasteiger partial charge in [0.05, 0.1) is 22.3 Å². The zero-order valence-electron chi connectivity index (χ0n) is 8.77. The van der Waals surface area contributed by atoms with Crippen molar-refractivity contribution in [1.82, 2.24) is 0 Å². The van der Waals surface area contributed by atoms with Crippen molar-refractivity contribution in [3.05, 3.63) is 29.8 Å². The number of hydrogen-bond acceptors (Lipinski definition) is 3. The van der Waals surface area contributed by atoms with E-state index in [0.717, 1.165) is 0 Å². The molecule has 1 rings (SSSR count). The summed E-state index contributed by atoms with van der Waals surface area (Å²) in [5.74, 6) is 0.240. The van der Waals surface area contributed by atoms with E-state index >= 15 is 0 Å². The quantitative estimate of drug-likeness (QED) is 0.787. The molecule has 3 nitrogen and oxygen atoms in total. The highest BCUT2D eigenvalue weighted by Crippen LogP contribution is 2.14. The molecular weight excluding hydrogens is 210 g/mol. The van der Waals surface area contributed by atoms with Crippen LogP contribution < -0.4 is 0 Å². The SMILES string of the molecule is CC(C)CS(=O)(=O)c1ccc(C#N)cc1. The molecule has 0 heterocycles. The van der Waals surface area contributed by atoms with Crippen LogP contribution in [0.2, 0.25) is 0 Å². The van der Waals surface area contributed by atoms with Gasteiger partial charge >= 0.3 is 0 Å². The van der Waals surface area contributed by atoms with Crippen LogP contribution in [-0.4, -0.2) is 14.2 Å². The topological polar surface area (TPSA) is 57.9 Å². The van der Waals surface area contributed by atoms with Crippen LogP contribution in [0.25, 0.3) is 0 Å². The highest BCUT2D eigenvalue weighted by molar-refractivity contribution is 7.91. The van der Waals surface area contributed by atoms with Gasteiger partial charge in [-0.25, -0.2) is 8.42 Å². The molecule has 15 heavy (non-hydrogen) atoms. The molecule has 0 spiro atoms. The van der Waals surface area contributed by atoms with Crippen molar-refractivity contribution in [2.75, 3.05) is 5.75 Å². The molecule has 0 amide bonds. The lowest BCUT2D eigenvalue weighted by Gasteiger charge is -2.06. The molecule has 0 saturated carbocycles. The first-order chi connectivity index (χ1) is 6.95. The van der Waals surface area contributed by atoms with Gasteiger partial charge in [0, 0.05) is 0 Å². The Bertz CT molecular complexity index is 466. The van der Waals surface area contributed by atoms with Crippen molar-refractivity contribution in [3.8, 4) is 6.07 Å². The van der Waals surface area contributed by atoms with Crippen molar-refractivity contribution in [2.24, 2.45) is 5.92 Å². The first-order valence-corrected chi connectivity index (χ1v) is 6.34. The van der Waals surface area contributed by atoms with Crippen LogP contribution in [0.5, 0.6) is 0 Å². The van der Waals surface area contributed by atoms with E-state index in [2.05, 4.69) is 0 Å². The molecule has 0 N–H and O–H groups in total. The van der Waals surface area contributed by atoms with E-state index < -0.39 is 9.84 Å². The first kappa shape index (κ1) is 11.7. The number of hydrogen-bond donors (Lipinski definition) is 0. The molecule has 4 heteroatoms. The summed E-state index contributed by atoms with van der Waals surface area (Å²) < 4.78 is 23.5. The van der Waals surface area contributed by atoms with E-state index in [9.17, 15) is 8.42 Å². The minimum absolute atomic E-state index is 0.102. The third-order valence-electron chi connectivity index (χ3n) is 1.90. The molecule has 0 aliphatic heterocycles. The van der Waals surface area contributed by atoms with Gasteiger partial charge in [-0.05, 0) is 30.2 Å². The molecule has 1 aromatic carbocycles. The largest absolute Gasteiger partial charge is 0.224 e. The molecule has 0 saturated heterocycles. The molecule has 1 aromatic rings. The van der Waals surface area contributed by atoms with Crippen LogP contribution >= 0.6 is 0 Å². The predicted octanol–water partition coefficient (Wildman–Crippen LogP) is 1.99. The van der Waals surface area contributed by atoms with Gasteiger partial charge in [0.25, 0.3) is 0 Å². The molecule has 0 atom stereocenters. The summed E-state index contributed by atoms with van der Waals surface area (Å²) in [5, 5.41) is 8.58. The van der Waals surface area contributed by atoms with Crippen molar-refractivity contribution in [2.45, 2.75) is 18.7 Å². The Morgan fingerprint density at radius 1 is 1.27 bits per heavy atom. The maximum atomic E-state index is 11.8. The normalized spacial score (nSPS) is 11.3. The second kappa shape index (κ2) is 4.45. The number of nitriles is 1. The summed E-state index contributed by atoms with van der Waals surface area (Å²) in [6.45, 7) is 3.72. The molecular formula is C11H13NO2S. The van der Waals surface area contributed by atoms with E-state index in [1.807, 2.05) is 19.9 Å². The summed E-state index contributed by atoms with van der Waals surface area (Å²) in [4.78, 5) is 0.287. The lowest BCUT2D eigenvalue weighted by molar-refractivity contribution is 0.582. The second-order valence-corrected chi connectivity index (χ2v) is 5.85. The predicted molar refractivity (Wildman–Crippen MR) is 58.0 cm³/mol. The summed E-state index contributed by atoms with van der Waals surface area (Å²) >= 11 is 0. The number of benzene rings is 1. The standard InChI is InChI=1S/C11H13NO2S/c1-9(2)8-15(13,14)11-5-3-10(7-12)4-6-11/h3-6,9H,8H2,1-2H3. The fourth-order valence-corrected chi connectivity index (χ4v) is 2.89. The fraction of sp³-hybridized carbons (Fsp3) is 0.364. The lowest BCUT2D eigenvalue weighted by atomic mass is 10.2. The molecule has 0 unspecified atom stereocenters. The Balaban J connectivity index is 3.02. The maximum absolute atomic E-state index is 11.8. The average molecular weight is 223 g/mol. The number of rotatable bonds is 3. The van der Waals surface area contributed by atoms with Crippen LogP contribution in [0.1, 0.15) is 19.4 Å². The molecule has 0 aliphatic carbocycles. The minimum Gasteiger partial charge on any atom is -0.224 e. The lowest BCUT2D eigenvalue weighted by Crippen LogP contribution is -2.11. The van der Waals surface area contributed by atoms with Crippen LogP contribution in [0, 0.1) is 17.2 Å². The monoisotopic (exact) mass is 223 g/mol. The van der Waals surface area contributed by atoms with Gasteiger partial charge in [-0.1, -0.05) is 13.8 Å². The molecule has 0 aliphatic rings. The Kier molecular flexibility index (Phi) is 3.48. The summed E-state index contributed by atoms with van der Waals surface area (Å²) in [6.07, 6.45) is 0. The summed E-state index contributed by atoms with van der Waals surface area (Å²) in [6, 6.07) is 7.96. The smallest absolute Gasteiger partial charge is 0.178 e. The van der Waals surface area contributed by atoms with Gasteiger partial charge < -0.3 is 0 Å². The zero-order valence-corrected chi connectivity index (χ0v) is 9.58. The van der Waals surface area contributed by atoms with Crippen LogP contribution in [0.4, 0.5) is 0 Å². The maximum Gasteiger partial charge on any atom is 0.178 e. The second-order valence-electron chi connectivity index (χ2n) is 3.81. The van der Waals surface area contributed by atoms with Crippen LogP contribution in [0.15, 0.2) is 29.2 Å². The zero-order chi connectivity index (χ0) is 11.5. The van der Waals surface area contributed by atoms with Gasteiger partial charge in [-0.15, -0.1) is 0 Å². The number of nitrogens with zero attached hydrogens (tertiary/aromatic N) is 1. The Labute approximate surface area is 90.3 Å². The van der Waals surface area contributed by atoms with Gasteiger partial charge in [-0.2, -0.15) is 5.26 Å². The third kappa shape index (κ3) is 3.07. The highest BCUT2D eigenvalue weighted by atomic mass is 32.2. The molecule has 0 fully saturated rings. The average Bonchev–Trinajstić information content (AvgIpc) is 2.16. The summed E-state index contributed by atoms with van der Waals surface area (Å²) in [5.41, 5.74) is 0.471. The third-order valence-corrected chi connectivity index (χ3v) is 3.99. The Morgan fingerprint density at radius 3 is 2.20 bits per heavy atom. The van der Waals surface area contributed by atoms with Gasteiger partial charge in [0.2, 0.25) is 0 Å². The van der Waals surface area contributed by atoms with Gasteiger partial charge in [0.1, 0.15) is 0 Å². The van der Waals surface area contributed by atoms with E-state index in [4.69, 9.17) is 5.26 Å². The molecule has 0 aromatic heterocycles. The van der Waals surface area contributed by atoms with Crippen molar-refractivity contribution < 1.29 is 8.42 Å². The Morgan fingerprint density at radius 2 is 1.80 bits per heavy atom.